The van der Waals surface area contributed by atoms with Gasteiger partial charge in [0.1, 0.15) is 5.82 Å². The van der Waals surface area contributed by atoms with E-state index in [0.29, 0.717) is 5.82 Å². The summed E-state index contributed by atoms with van der Waals surface area (Å²) >= 11 is 0. The molecule has 1 heterocycles. The predicted molar refractivity (Wildman–Crippen MR) is 66.4 cm³/mol. The van der Waals surface area contributed by atoms with E-state index in [-0.39, 0.29) is 11.8 Å². The Balaban J connectivity index is 0.000000606. The Morgan fingerprint density at radius 1 is 1.31 bits per heavy atom. The van der Waals surface area contributed by atoms with Crippen molar-refractivity contribution in [2.45, 2.75) is 40.5 Å². The molecule has 1 fully saturated rings. The number of pyridine rings is 1. The van der Waals surface area contributed by atoms with Gasteiger partial charge in [-0.3, -0.25) is 4.79 Å². The van der Waals surface area contributed by atoms with Gasteiger partial charge in [-0.05, 0) is 43.9 Å². The Morgan fingerprint density at radius 3 is 2.44 bits per heavy atom. The summed E-state index contributed by atoms with van der Waals surface area (Å²) < 4.78 is 0. The second-order valence-electron chi connectivity index (χ2n) is 3.92. The van der Waals surface area contributed by atoms with Crippen molar-refractivity contribution in [1.29, 1.82) is 0 Å². The summed E-state index contributed by atoms with van der Waals surface area (Å²) in [5.41, 5.74) is 2.31. The quantitative estimate of drug-likeness (QED) is 0.832. The van der Waals surface area contributed by atoms with Gasteiger partial charge in [-0.15, -0.1) is 0 Å². The number of carbonyl (C=O) groups excluding carboxylic acids is 1. The summed E-state index contributed by atoms with van der Waals surface area (Å²) in [4.78, 5) is 15.6. The van der Waals surface area contributed by atoms with E-state index in [9.17, 15) is 4.79 Å². The Bertz CT molecular complexity index is 370. The molecular weight excluding hydrogens is 200 g/mol. The fourth-order valence-electron chi connectivity index (χ4n) is 1.27. The molecule has 1 aromatic rings. The van der Waals surface area contributed by atoms with Crippen LogP contribution in [0.4, 0.5) is 5.82 Å². The number of anilines is 1. The molecule has 1 N–H and O–H groups in total. The van der Waals surface area contributed by atoms with E-state index in [1.54, 1.807) is 6.20 Å². The number of amides is 1. The first-order valence-electron chi connectivity index (χ1n) is 5.91. The molecule has 0 aliphatic heterocycles. The first kappa shape index (κ1) is 12.7. The molecule has 0 bridgehead atoms. The third-order valence-corrected chi connectivity index (χ3v) is 2.57. The highest BCUT2D eigenvalue weighted by molar-refractivity contribution is 5.93. The molecular formula is C13H20N2O. The number of hydrogen-bond acceptors (Lipinski definition) is 2. The Morgan fingerprint density at radius 2 is 1.94 bits per heavy atom. The standard InChI is InChI=1S/C11H14N2O.C2H6/c1-7-5-10(12-6-8(7)2)13-11(14)9-3-4-9;1-2/h5-6,9H,3-4H2,1-2H3,(H,12,13,14);1-2H3. The summed E-state index contributed by atoms with van der Waals surface area (Å²) in [6.07, 6.45) is 3.84. The maximum Gasteiger partial charge on any atom is 0.228 e. The van der Waals surface area contributed by atoms with Crippen molar-refractivity contribution < 1.29 is 4.79 Å². The molecule has 3 heteroatoms. The highest BCUT2D eigenvalue weighted by atomic mass is 16.2. The molecule has 0 radical (unpaired) electrons. The molecule has 2 rings (SSSR count). The largest absolute Gasteiger partial charge is 0.310 e. The van der Waals surface area contributed by atoms with Crippen LogP contribution in [0.15, 0.2) is 12.3 Å². The lowest BCUT2D eigenvalue weighted by Crippen LogP contribution is -2.14. The van der Waals surface area contributed by atoms with Crippen molar-refractivity contribution in [3.8, 4) is 0 Å². The van der Waals surface area contributed by atoms with Crippen LogP contribution < -0.4 is 5.32 Å². The molecule has 0 saturated heterocycles. The molecule has 0 spiro atoms. The Hall–Kier alpha value is -1.38. The maximum atomic E-state index is 11.4. The van der Waals surface area contributed by atoms with Crippen LogP contribution in [0.2, 0.25) is 0 Å². The third kappa shape index (κ3) is 3.33. The van der Waals surface area contributed by atoms with Crippen molar-refractivity contribution in [2.24, 2.45) is 5.92 Å². The SMILES string of the molecule is CC.Cc1cnc(NC(=O)C2CC2)cc1C. The number of aromatic nitrogens is 1. The number of nitrogens with zero attached hydrogens (tertiary/aromatic N) is 1. The number of hydrogen-bond donors (Lipinski definition) is 1. The van der Waals surface area contributed by atoms with E-state index in [0.717, 1.165) is 24.0 Å². The van der Waals surface area contributed by atoms with E-state index >= 15 is 0 Å². The Kier molecular flexibility index (Phi) is 4.47. The van der Waals surface area contributed by atoms with Crippen molar-refractivity contribution in [3.63, 3.8) is 0 Å². The van der Waals surface area contributed by atoms with E-state index in [1.807, 2.05) is 33.8 Å². The maximum absolute atomic E-state index is 11.4. The number of aryl methyl sites for hydroxylation is 2. The second kappa shape index (κ2) is 5.64. The van der Waals surface area contributed by atoms with Crippen LogP contribution in [0.25, 0.3) is 0 Å². The van der Waals surface area contributed by atoms with Gasteiger partial charge in [0.15, 0.2) is 0 Å². The van der Waals surface area contributed by atoms with Crippen molar-refractivity contribution >= 4 is 11.7 Å². The normalized spacial score (nSPS) is 13.8. The van der Waals surface area contributed by atoms with Crippen LogP contribution >= 0.6 is 0 Å². The van der Waals surface area contributed by atoms with Gasteiger partial charge in [0.25, 0.3) is 0 Å². The molecule has 1 amide bonds. The lowest BCUT2D eigenvalue weighted by Gasteiger charge is -2.05. The molecule has 16 heavy (non-hydrogen) atoms. The molecule has 1 aliphatic carbocycles. The number of rotatable bonds is 2. The summed E-state index contributed by atoms with van der Waals surface area (Å²) in [5.74, 6) is 1.02. The van der Waals surface area contributed by atoms with E-state index in [2.05, 4.69) is 10.3 Å². The molecule has 1 aliphatic rings. The van der Waals surface area contributed by atoms with Gasteiger partial charge in [0.05, 0.1) is 0 Å². The van der Waals surface area contributed by atoms with Crippen LogP contribution in [0.3, 0.4) is 0 Å². The minimum Gasteiger partial charge on any atom is -0.310 e. The van der Waals surface area contributed by atoms with Crippen LogP contribution in [-0.4, -0.2) is 10.9 Å². The molecule has 88 valence electrons. The first-order valence-corrected chi connectivity index (χ1v) is 5.91. The highest BCUT2D eigenvalue weighted by Crippen LogP contribution is 2.29. The van der Waals surface area contributed by atoms with E-state index in [4.69, 9.17) is 0 Å². The summed E-state index contributed by atoms with van der Waals surface area (Å²) in [7, 11) is 0. The fraction of sp³-hybridized carbons (Fsp3) is 0.538. The van der Waals surface area contributed by atoms with Crippen LogP contribution in [0.1, 0.15) is 37.8 Å². The van der Waals surface area contributed by atoms with Gasteiger partial charge < -0.3 is 5.32 Å². The van der Waals surface area contributed by atoms with Gasteiger partial charge in [0.2, 0.25) is 5.91 Å². The smallest absolute Gasteiger partial charge is 0.228 e. The van der Waals surface area contributed by atoms with Gasteiger partial charge in [-0.1, -0.05) is 13.8 Å². The van der Waals surface area contributed by atoms with E-state index < -0.39 is 0 Å². The zero-order valence-electron chi connectivity index (χ0n) is 10.5. The zero-order chi connectivity index (χ0) is 12.1. The topological polar surface area (TPSA) is 42.0 Å². The summed E-state index contributed by atoms with van der Waals surface area (Å²) in [6, 6.07) is 1.91. The number of nitrogens with one attached hydrogen (secondary N) is 1. The van der Waals surface area contributed by atoms with Crippen molar-refractivity contribution in [2.75, 3.05) is 5.32 Å². The molecule has 0 aromatic carbocycles. The van der Waals surface area contributed by atoms with Gasteiger partial charge >= 0.3 is 0 Å². The molecule has 0 unspecified atom stereocenters. The average Bonchev–Trinajstić information content (AvgIpc) is 3.10. The van der Waals surface area contributed by atoms with Crippen molar-refractivity contribution in [3.05, 3.63) is 23.4 Å². The minimum atomic E-state index is 0.112. The minimum absolute atomic E-state index is 0.112. The third-order valence-electron chi connectivity index (χ3n) is 2.57. The molecule has 1 saturated carbocycles. The number of carbonyl (C=O) groups is 1. The zero-order valence-corrected chi connectivity index (χ0v) is 10.5. The molecule has 1 aromatic heterocycles. The monoisotopic (exact) mass is 220 g/mol. The van der Waals surface area contributed by atoms with E-state index in [1.165, 1.54) is 0 Å². The molecule has 0 atom stereocenters. The van der Waals surface area contributed by atoms with Gasteiger partial charge in [-0.25, -0.2) is 4.98 Å². The average molecular weight is 220 g/mol. The summed E-state index contributed by atoms with van der Waals surface area (Å²) in [6.45, 7) is 8.03. The van der Waals surface area contributed by atoms with Crippen molar-refractivity contribution in [1.82, 2.24) is 4.98 Å². The summed E-state index contributed by atoms with van der Waals surface area (Å²) in [5, 5.41) is 2.82. The fourth-order valence-corrected chi connectivity index (χ4v) is 1.27. The van der Waals surface area contributed by atoms with Crippen LogP contribution in [0, 0.1) is 19.8 Å². The first-order chi connectivity index (χ1) is 7.66. The second-order valence-corrected chi connectivity index (χ2v) is 3.92. The lowest BCUT2D eigenvalue weighted by molar-refractivity contribution is -0.117. The predicted octanol–water partition coefficient (Wildman–Crippen LogP) is 3.07. The van der Waals surface area contributed by atoms with Crippen LogP contribution in [-0.2, 0) is 4.79 Å². The van der Waals surface area contributed by atoms with Gasteiger partial charge in [-0.2, -0.15) is 0 Å². The van der Waals surface area contributed by atoms with Crippen LogP contribution in [0.5, 0.6) is 0 Å². The Labute approximate surface area is 97.3 Å². The van der Waals surface area contributed by atoms with Gasteiger partial charge in [0, 0.05) is 12.1 Å². The lowest BCUT2D eigenvalue weighted by atomic mass is 10.2. The molecule has 3 nitrogen and oxygen atoms in total. The highest BCUT2D eigenvalue weighted by Gasteiger charge is 2.29.